The van der Waals surface area contributed by atoms with Crippen LogP contribution in [0.1, 0.15) is 50.7 Å². The van der Waals surface area contributed by atoms with Crippen LogP contribution in [0.5, 0.6) is 0 Å². The molecule has 1 aromatic carbocycles. The van der Waals surface area contributed by atoms with Gasteiger partial charge in [0.25, 0.3) is 0 Å². The molecule has 2 aromatic rings. The number of furan rings is 1. The SMILES string of the molecule is COCCCNC(=O)CN1c2ccccc2NC2=C(C(=O)CC(C)(C)C2)C1c1ccc(C)o1. The van der Waals surface area contributed by atoms with Crippen LogP contribution in [-0.4, -0.2) is 38.5 Å². The van der Waals surface area contributed by atoms with E-state index in [4.69, 9.17) is 9.15 Å². The van der Waals surface area contributed by atoms with Crippen LogP contribution in [0, 0.1) is 12.3 Å². The van der Waals surface area contributed by atoms with Gasteiger partial charge in [0.05, 0.1) is 17.9 Å². The van der Waals surface area contributed by atoms with Gasteiger partial charge in [-0.15, -0.1) is 0 Å². The summed E-state index contributed by atoms with van der Waals surface area (Å²) in [6.45, 7) is 7.34. The van der Waals surface area contributed by atoms with Crippen LogP contribution < -0.4 is 15.5 Å². The highest BCUT2D eigenvalue weighted by atomic mass is 16.5. The van der Waals surface area contributed by atoms with E-state index in [-0.39, 0.29) is 23.7 Å². The van der Waals surface area contributed by atoms with Gasteiger partial charge >= 0.3 is 0 Å². The van der Waals surface area contributed by atoms with Gasteiger partial charge in [-0.3, -0.25) is 9.59 Å². The average molecular weight is 452 g/mol. The number of carbonyl (C=O) groups is 2. The van der Waals surface area contributed by atoms with Gasteiger partial charge in [0.2, 0.25) is 5.91 Å². The molecule has 0 saturated carbocycles. The number of ether oxygens (including phenoxy) is 1. The first-order valence-electron chi connectivity index (χ1n) is 11.5. The second-order valence-corrected chi connectivity index (χ2v) is 9.65. The Bertz CT molecular complexity index is 1070. The number of carbonyl (C=O) groups excluding carboxylic acids is 2. The molecule has 1 aliphatic carbocycles. The number of rotatable bonds is 7. The third-order valence-corrected chi connectivity index (χ3v) is 6.20. The summed E-state index contributed by atoms with van der Waals surface area (Å²) in [5.41, 5.74) is 3.20. The fraction of sp³-hybridized carbons (Fsp3) is 0.462. The molecule has 0 spiro atoms. The average Bonchev–Trinajstić information content (AvgIpc) is 3.12. The quantitative estimate of drug-likeness (QED) is 0.609. The third-order valence-electron chi connectivity index (χ3n) is 6.20. The molecule has 1 aromatic heterocycles. The van der Waals surface area contributed by atoms with Crippen LogP contribution in [0.2, 0.25) is 0 Å². The first-order valence-corrected chi connectivity index (χ1v) is 11.5. The number of hydrogen-bond donors (Lipinski definition) is 2. The summed E-state index contributed by atoms with van der Waals surface area (Å²) >= 11 is 0. The summed E-state index contributed by atoms with van der Waals surface area (Å²) in [7, 11) is 1.65. The minimum Gasteiger partial charge on any atom is -0.464 e. The van der Waals surface area contributed by atoms with E-state index in [0.717, 1.165) is 35.7 Å². The van der Waals surface area contributed by atoms with Crippen molar-refractivity contribution in [2.45, 2.75) is 46.1 Å². The van der Waals surface area contributed by atoms with Gasteiger partial charge in [-0.2, -0.15) is 0 Å². The lowest BCUT2D eigenvalue weighted by atomic mass is 9.74. The van der Waals surface area contributed by atoms with Gasteiger partial charge in [-0.25, -0.2) is 0 Å². The molecule has 0 saturated heterocycles. The van der Waals surface area contributed by atoms with Crippen LogP contribution in [0.3, 0.4) is 0 Å². The number of anilines is 2. The molecule has 7 heteroatoms. The first-order chi connectivity index (χ1) is 15.8. The van der Waals surface area contributed by atoms with Gasteiger partial charge in [0.15, 0.2) is 5.78 Å². The van der Waals surface area contributed by atoms with E-state index in [9.17, 15) is 9.59 Å². The molecule has 33 heavy (non-hydrogen) atoms. The molecule has 176 valence electrons. The fourth-order valence-corrected chi connectivity index (χ4v) is 4.78. The Labute approximate surface area is 195 Å². The van der Waals surface area contributed by atoms with Crippen LogP contribution in [0.15, 0.2) is 52.1 Å². The predicted octanol–water partition coefficient (Wildman–Crippen LogP) is 4.36. The summed E-state index contributed by atoms with van der Waals surface area (Å²) in [5, 5.41) is 6.52. The molecule has 1 atom stereocenters. The second-order valence-electron chi connectivity index (χ2n) is 9.65. The summed E-state index contributed by atoms with van der Waals surface area (Å²) < 4.78 is 11.1. The topological polar surface area (TPSA) is 83.8 Å². The maximum Gasteiger partial charge on any atom is 0.239 e. The number of aryl methyl sites for hydroxylation is 1. The zero-order valence-electron chi connectivity index (χ0n) is 19.9. The number of allylic oxidation sites excluding steroid dienone is 1. The monoisotopic (exact) mass is 451 g/mol. The van der Waals surface area contributed by atoms with E-state index >= 15 is 0 Å². The third kappa shape index (κ3) is 4.98. The molecule has 4 rings (SSSR count). The Morgan fingerprint density at radius 1 is 1.24 bits per heavy atom. The zero-order valence-corrected chi connectivity index (χ0v) is 19.9. The van der Waals surface area contributed by atoms with Crippen molar-refractivity contribution >= 4 is 23.1 Å². The highest BCUT2D eigenvalue weighted by Crippen LogP contribution is 2.48. The smallest absolute Gasteiger partial charge is 0.239 e. The molecule has 2 N–H and O–H groups in total. The molecule has 0 fully saturated rings. The molecule has 0 bridgehead atoms. The molecule has 1 aliphatic heterocycles. The lowest BCUT2D eigenvalue weighted by molar-refractivity contribution is -0.120. The minimum atomic E-state index is -0.488. The molecule has 7 nitrogen and oxygen atoms in total. The second kappa shape index (κ2) is 9.43. The molecular formula is C26H33N3O4. The number of Topliss-reactive ketones (excluding diaryl/α,β-unsaturated/α-hetero) is 1. The Kier molecular flexibility index (Phi) is 6.61. The number of benzene rings is 1. The van der Waals surface area contributed by atoms with Gasteiger partial charge < -0.3 is 24.7 Å². The lowest BCUT2D eigenvalue weighted by Gasteiger charge is -2.36. The number of amides is 1. The van der Waals surface area contributed by atoms with Crippen molar-refractivity contribution in [3.8, 4) is 0 Å². The molecular weight excluding hydrogens is 418 g/mol. The number of methoxy groups -OCH3 is 1. The predicted molar refractivity (Wildman–Crippen MR) is 128 cm³/mol. The van der Waals surface area contributed by atoms with E-state index in [2.05, 4.69) is 24.5 Å². The minimum absolute atomic E-state index is 0.0890. The largest absolute Gasteiger partial charge is 0.464 e. The number of para-hydroxylation sites is 2. The lowest BCUT2D eigenvalue weighted by Crippen LogP contribution is -2.42. The summed E-state index contributed by atoms with van der Waals surface area (Å²) in [5.74, 6) is 1.41. The maximum absolute atomic E-state index is 13.5. The Balaban J connectivity index is 1.79. The van der Waals surface area contributed by atoms with E-state index < -0.39 is 6.04 Å². The molecule has 2 aliphatic rings. The van der Waals surface area contributed by atoms with Crippen molar-refractivity contribution in [3.05, 3.63) is 59.2 Å². The number of nitrogens with zero attached hydrogens (tertiary/aromatic N) is 1. The van der Waals surface area contributed by atoms with Gasteiger partial charge in [-0.05, 0) is 49.4 Å². The first kappa shape index (κ1) is 23.1. The summed E-state index contributed by atoms with van der Waals surface area (Å²) in [6, 6.07) is 11.2. The van der Waals surface area contributed by atoms with Gasteiger partial charge in [-0.1, -0.05) is 26.0 Å². The molecule has 1 amide bonds. The van der Waals surface area contributed by atoms with E-state index in [1.165, 1.54) is 0 Å². The Morgan fingerprint density at radius 2 is 2.03 bits per heavy atom. The highest BCUT2D eigenvalue weighted by Gasteiger charge is 2.43. The van der Waals surface area contributed by atoms with Crippen LogP contribution >= 0.6 is 0 Å². The van der Waals surface area contributed by atoms with Crippen molar-refractivity contribution in [2.75, 3.05) is 37.0 Å². The standard InChI is InChI=1S/C26H33N3O4/c1-17-10-11-22(33-17)25-24-19(14-26(2,3)15-21(24)30)28-18-8-5-6-9-20(18)29(25)16-23(31)27-12-7-13-32-4/h5-6,8-11,25,28H,7,12-16H2,1-4H3,(H,27,31). The van der Waals surface area contributed by atoms with Crippen molar-refractivity contribution in [2.24, 2.45) is 5.41 Å². The van der Waals surface area contributed by atoms with Gasteiger partial charge in [0.1, 0.15) is 17.6 Å². The zero-order chi connectivity index (χ0) is 23.6. The number of hydrogen-bond acceptors (Lipinski definition) is 6. The number of nitrogens with one attached hydrogen (secondary N) is 2. The van der Waals surface area contributed by atoms with Crippen molar-refractivity contribution in [1.82, 2.24) is 5.32 Å². The fourth-order valence-electron chi connectivity index (χ4n) is 4.78. The normalized spacial score (nSPS) is 19.5. The van der Waals surface area contributed by atoms with E-state index in [1.54, 1.807) is 7.11 Å². The highest BCUT2D eigenvalue weighted by molar-refractivity contribution is 6.01. The van der Waals surface area contributed by atoms with Crippen LogP contribution in [0.4, 0.5) is 11.4 Å². The van der Waals surface area contributed by atoms with Crippen molar-refractivity contribution in [3.63, 3.8) is 0 Å². The Hall–Kier alpha value is -3.06. The number of fused-ring (bicyclic) bond motifs is 1. The molecule has 2 heterocycles. The van der Waals surface area contributed by atoms with Crippen molar-refractivity contribution < 1.29 is 18.7 Å². The van der Waals surface area contributed by atoms with E-state index in [0.29, 0.717) is 30.9 Å². The molecule has 0 radical (unpaired) electrons. The maximum atomic E-state index is 13.5. The molecule has 1 unspecified atom stereocenters. The summed E-state index contributed by atoms with van der Waals surface area (Å²) in [4.78, 5) is 28.5. The van der Waals surface area contributed by atoms with Crippen LogP contribution in [-0.2, 0) is 14.3 Å². The number of ketones is 1. The van der Waals surface area contributed by atoms with Crippen molar-refractivity contribution in [1.29, 1.82) is 0 Å². The van der Waals surface area contributed by atoms with Gasteiger partial charge in [0, 0.05) is 38.0 Å². The summed E-state index contributed by atoms with van der Waals surface area (Å²) in [6.07, 6.45) is 1.94. The Morgan fingerprint density at radius 3 is 2.76 bits per heavy atom. The van der Waals surface area contributed by atoms with Crippen LogP contribution in [0.25, 0.3) is 0 Å². The van der Waals surface area contributed by atoms with E-state index in [1.807, 2.05) is 48.2 Å².